The third-order valence-electron chi connectivity index (χ3n) is 3.38. The van der Waals surface area contributed by atoms with Gasteiger partial charge in [0.1, 0.15) is 0 Å². The first-order valence-corrected chi connectivity index (χ1v) is 7.27. The summed E-state index contributed by atoms with van der Waals surface area (Å²) < 4.78 is 4.97. The van der Waals surface area contributed by atoms with E-state index in [0.717, 1.165) is 12.0 Å². The summed E-state index contributed by atoms with van der Waals surface area (Å²) in [5.41, 5.74) is 2.23. The number of benzene rings is 1. The molecule has 0 fully saturated rings. The van der Waals surface area contributed by atoms with Gasteiger partial charge >= 0.3 is 0 Å². The Hall–Kier alpha value is -2.56. The van der Waals surface area contributed by atoms with Crippen molar-refractivity contribution in [1.82, 2.24) is 10.6 Å². The fourth-order valence-electron chi connectivity index (χ4n) is 2.12. The Kier molecular flexibility index (Phi) is 5.36. The zero-order valence-corrected chi connectivity index (χ0v) is 12.8. The number of carbonyl (C=O) groups is 2. The molecule has 22 heavy (non-hydrogen) atoms. The molecule has 0 saturated heterocycles. The van der Waals surface area contributed by atoms with Gasteiger partial charge in [0.25, 0.3) is 5.91 Å². The Morgan fingerprint density at radius 1 is 1.18 bits per heavy atom. The average Bonchev–Trinajstić information content (AvgIpc) is 3.05. The zero-order valence-electron chi connectivity index (χ0n) is 12.8. The summed E-state index contributed by atoms with van der Waals surface area (Å²) in [5, 5.41) is 5.45. The number of carbonyl (C=O) groups excluding carboxylic acids is 2. The van der Waals surface area contributed by atoms with Crippen molar-refractivity contribution in [3.8, 4) is 0 Å². The van der Waals surface area contributed by atoms with Gasteiger partial charge in [-0.05, 0) is 31.0 Å². The molecule has 1 atom stereocenters. The quantitative estimate of drug-likeness (QED) is 0.861. The van der Waals surface area contributed by atoms with Gasteiger partial charge in [0.2, 0.25) is 5.91 Å². The van der Waals surface area contributed by atoms with Gasteiger partial charge in [-0.3, -0.25) is 9.59 Å². The van der Waals surface area contributed by atoms with Crippen molar-refractivity contribution in [3.05, 3.63) is 59.5 Å². The van der Waals surface area contributed by atoms with Crippen LogP contribution in [-0.4, -0.2) is 18.4 Å². The van der Waals surface area contributed by atoms with Crippen molar-refractivity contribution in [2.75, 3.05) is 6.54 Å². The molecule has 2 amide bonds. The summed E-state index contributed by atoms with van der Waals surface area (Å²) in [7, 11) is 0. The predicted octanol–water partition coefficient (Wildman–Crippen LogP) is 2.59. The SMILES string of the molecule is CC[C@@H](NC(=O)CNC(=O)c1ccco1)c1ccc(C)cc1. The van der Waals surface area contributed by atoms with E-state index in [1.54, 1.807) is 12.1 Å². The first-order valence-electron chi connectivity index (χ1n) is 7.27. The molecular weight excluding hydrogens is 280 g/mol. The van der Waals surface area contributed by atoms with Crippen LogP contribution in [0.25, 0.3) is 0 Å². The van der Waals surface area contributed by atoms with Gasteiger partial charge in [-0.25, -0.2) is 0 Å². The van der Waals surface area contributed by atoms with Crippen LogP contribution in [0.15, 0.2) is 47.1 Å². The predicted molar refractivity (Wildman–Crippen MR) is 83.4 cm³/mol. The van der Waals surface area contributed by atoms with Gasteiger partial charge < -0.3 is 15.1 Å². The second kappa shape index (κ2) is 7.45. The first-order chi connectivity index (χ1) is 10.6. The maximum absolute atomic E-state index is 12.0. The lowest BCUT2D eigenvalue weighted by molar-refractivity contribution is -0.120. The van der Waals surface area contributed by atoms with E-state index in [4.69, 9.17) is 4.42 Å². The maximum Gasteiger partial charge on any atom is 0.287 e. The largest absolute Gasteiger partial charge is 0.459 e. The highest BCUT2D eigenvalue weighted by Gasteiger charge is 2.14. The molecule has 0 unspecified atom stereocenters. The Morgan fingerprint density at radius 3 is 2.50 bits per heavy atom. The van der Waals surface area contributed by atoms with Crippen LogP contribution in [0.5, 0.6) is 0 Å². The Bertz CT molecular complexity index is 618. The standard InChI is InChI=1S/C17H20N2O3/c1-3-14(13-8-6-12(2)7-9-13)19-16(20)11-18-17(21)15-5-4-10-22-15/h4-10,14H,3,11H2,1-2H3,(H,18,21)(H,19,20)/t14-/m1/s1. The summed E-state index contributed by atoms with van der Waals surface area (Å²) in [6, 6.07) is 11.2. The van der Waals surface area contributed by atoms with E-state index < -0.39 is 5.91 Å². The maximum atomic E-state index is 12.0. The van der Waals surface area contributed by atoms with Crippen LogP contribution in [-0.2, 0) is 4.79 Å². The summed E-state index contributed by atoms with van der Waals surface area (Å²) in [6.45, 7) is 3.95. The van der Waals surface area contributed by atoms with E-state index in [2.05, 4.69) is 10.6 Å². The second-order valence-corrected chi connectivity index (χ2v) is 5.10. The number of hydrogen-bond acceptors (Lipinski definition) is 3. The van der Waals surface area contributed by atoms with E-state index in [1.165, 1.54) is 11.8 Å². The molecule has 0 radical (unpaired) electrons. The lowest BCUT2D eigenvalue weighted by Gasteiger charge is -2.17. The molecule has 2 N–H and O–H groups in total. The lowest BCUT2D eigenvalue weighted by Crippen LogP contribution is -2.38. The molecule has 0 aliphatic heterocycles. The summed E-state index contributed by atoms with van der Waals surface area (Å²) >= 11 is 0. The van der Waals surface area contributed by atoms with Crippen LogP contribution in [0, 0.1) is 6.92 Å². The van der Waals surface area contributed by atoms with E-state index in [9.17, 15) is 9.59 Å². The van der Waals surface area contributed by atoms with Gasteiger partial charge in [0, 0.05) is 0 Å². The minimum absolute atomic E-state index is 0.0615. The van der Waals surface area contributed by atoms with E-state index in [-0.39, 0.29) is 24.3 Å². The molecule has 0 aliphatic carbocycles. The third kappa shape index (κ3) is 4.22. The van der Waals surface area contributed by atoms with Crippen LogP contribution < -0.4 is 10.6 Å². The Morgan fingerprint density at radius 2 is 1.91 bits per heavy atom. The highest BCUT2D eigenvalue weighted by atomic mass is 16.3. The Labute approximate surface area is 129 Å². The molecule has 1 aromatic heterocycles. The van der Waals surface area contributed by atoms with Crippen molar-refractivity contribution in [2.24, 2.45) is 0 Å². The van der Waals surface area contributed by atoms with Crippen LogP contribution in [0.4, 0.5) is 0 Å². The number of amides is 2. The van der Waals surface area contributed by atoms with Crippen LogP contribution in [0.2, 0.25) is 0 Å². The van der Waals surface area contributed by atoms with Gasteiger partial charge in [0.15, 0.2) is 5.76 Å². The van der Waals surface area contributed by atoms with E-state index in [1.807, 2.05) is 38.1 Å². The average molecular weight is 300 g/mol. The van der Waals surface area contributed by atoms with Crippen LogP contribution >= 0.6 is 0 Å². The number of aryl methyl sites for hydroxylation is 1. The molecule has 0 bridgehead atoms. The molecular formula is C17H20N2O3. The molecule has 0 saturated carbocycles. The van der Waals surface area contributed by atoms with Crippen molar-refractivity contribution in [3.63, 3.8) is 0 Å². The molecule has 2 rings (SSSR count). The van der Waals surface area contributed by atoms with Crippen LogP contribution in [0.1, 0.15) is 41.1 Å². The molecule has 1 heterocycles. The number of rotatable bonds is 6. The second-order valence-electron chi connectivity index (χ2n) is 5.10. The molecule has 1 aromatic carbocycles. The van der Waals surface area contributed by atoms with E-state index >= 15 is 0 Å². The fraction of sp³-hybridized carbons (Fsp3) is 0.294. The number of nitrogens with one attached hydrogen (secondary N) is 2. The topological polar surface area (TPSA) is 71.3 Å². The summed E-state index contributed by atoms with van der Waals surface area (Å²) in [6.07, 6.45) is 2.19. The summed E-state index contributed by atoms with van der Waals surface area (Å²) in [5.74, 6) is -0.436. The van der Waals surface area contributed by atoms with Gasteiger partial charge in [-0.1, -0.05) is 36.8 Å². The highest BCUT2D eigenvalue weighted by molar-refractivity contribution is 5.94. The van der Waals surface area contributed by atoms with Crippen molar-refractivity contribution in [1.29, 1.82) is 0 Å². The normalized spacial score (nSPS) is 11.7. The lowest BCUT2D eigenvalue weighted by atomic mass is 10.0. The minimum Gasteiger partial charge on any atom is -0.459 e. The molecule has 5 heteroatoms. The molecule has 0 aliphatic rings. The zero-order chi connectivity index (χ0) is 15.9. The molecule has 2 aromatic rings. The van der Waals surface area contributed by atoms with Gasteiger partial charge in [0.05, 0.1) is 18.8 Å². The van der Waals surface area contributed by atoms with Crippen LogP contribution in [0.3, 0.4) is 0 Å². The minimum atomic E-state index is -0.400. The van der Waals surface area contributed by atoms with E-state index in [0.29, 0.717) is 0 Å². The van der Waals surface area contributed by atoms with Crippen molar-refractivity contribution >= 4 is 11.8 Å². The molecule has 0 spiro atoms. The van der Waals surface area contributed by atoms with Crippen molar-refractivity contribution in [2.45, 2.75) is 26.3 Å². The summed E-state index contributed by atoms with van der Waals surface area (Å²) in [4.78, 5) is 23.7. The molecule has 116 valence electrons. The number of hydrogen-bond donors (Lipinski definition) is 2. The first kappa shape index (κ1) is 15.8. The highest BCUT2D eigenvalue weighted by Crippen LogP contribution is 2.16. The van der Waals surface area contributed by atoms with Crippen molar-refractivity contribution < 1.29 is 14.0 Å². The van der Waals surface area contributed by atoms with Gasteiger partial charge in [-0.15, -0.1) is 0 Å². The number of furan rings is 1. The smallest absolute Gasteiger partial charge is 0.287 e. The monoisotopic (exact) mass is 300 g/mol. The molecule has 5 nitrogen and oxygen atoms in total. The Balaban J connectivity index is 1.87. The van der Waals surface area contributed by atoms with Gasteiger partial charge in [-0.2, -0.15) is 0 Å². The third-order valence-corrected chi connectivity index (χ3v) is 3.38. The fourth-order valence-corrected chi connectivity index (χ4v) is 2.12.